The Morgan fingerprint density at radius 1 is 0.362 bits per heavy atom. The molecule has 1 aliphatic carbocycles. The molecule has 1 heterocycles. The summed E-state index contributed by atoms with van der Waals surface area (Å²) in [5.41, 5.74) is 15.9. The molecule has 0 bridgehead atoms. The van der Waals surface area contributed by atoms with Gasteiger partial charge in [0.2, 0.25) is 0 Å². The summed E-state index contributed by atoms with van der Waals surface area (Å²) in [5, 5.41) is 2.25. The number of ether oxygens (including phenoxy) is 1. The quantitative estimate of drug-likeness (QED) is 0.162. The van der Waals surface area contributed by atoms with Gasteiger partial charge in [0.15, 0.2) is 11.5 Å². The van der Waals surface area contributed by atoms with Crippen LogP contribution in [-0.4, -0.2) is 0 Å². The van der Waals surface area contributed by atoms with Crippen molar-refractivity contribution in [1.82, 2.24) is 0 Å². The van der Waals surface area contributed by atoms with Crippen LogP contribution in [-0.2, 0) is 5.41 Å². The fourth-order valence-electron chi connectivity index (χ4n) is 9.23. The van der Waals surface area contributed by atoms with Gasteiger partial charge >= 0.3 is 0 Å². The molecule has 0 spiro atoms. The maximum absolute atomic E-state index is 7.45. The first kappa shape index (κ1) is 33.9. The molecule has 276 valence electrons. The molecular formula is C55H40N2O. The smallest absolute Gasteiger partial charge is 0.160 e. The lowest BCUT2D eigenvalue weighted by Gasteiger charge is -2.34. The summed E-state index contributed by atoms with van der Waals surface area (Å²) < 4.78 is 7.45. The maximum atomic E-state index is 7.45. The average Bonchev–Trinajstić information content (AvgIpc) is 3.51. The van der Waals surface area contributed by atoms with Gasteiger partial charge in [0.1, 0.15) is 0 Å². The number of anilines is 6. The van der Waals surface area contributed by atoms with Crippen LogP contribution in [0.1, 0.15) is 25.0 Å². The van der Waals surface area contributed by atoms with Gasteiger partial charge in [-0.3, -0.25) is 0 Å². The van der Waals surface area contributed by atoms with Gasteiger partial charge in [-0.1, -0.05) is 159 Å². The first-order valence-electron chi connectivity index (χ1n) is 20.0. The zero-order valence-electron chi connectivity index (χ0n) is 32.4. The number of benzene rings is 9. The van der Waals surface area contributed by atoms with Crippen LogP contribution in [0.5, 0.6) is 11.5 Å². The molecule has 0 N–H and O–H groups in total. The molecule has 0 fully saturated rings. The number of nitrogens with zero attached hydrogens (tertiary/aromatic N) is 2. The average molecular weight is 745 g/mol. The Morgan fingerprint density at radius 3 is 1.64 bits per heavy atom. The second-order valence-electron chi connectivity index (χ2n) is 15.7. The number of hydrogen-bond donors (Lipinski definition) is 0. The molecule has 0 unspecified atom stereocenters. The van der Waals surface area contributed by atoms with Crippen molar-refractivity contribution < 1.29 is 4.74 Å². The van der Waals surface area contributed by atoms with Gasteiger partial charge in [0.25, 0.3) is 0 Å². The summed E-state index contributed by atoms with van der Waals surface area (Å²) >= 11 is 0. The Hall–Kier alpha value is -7.36. The zero-order chi connectivity index (χ0) is 38.8. The highest BCUT2D eigenvalue weighted by molar-refractivity contribution is 6.09. The molecule has 0 aromatic heterocycles. The summed E-state index contributed by atoms with van der Waals surface area (Å²) in [5.74, 6) is 1.66. The van der Waals surface area contributed by atoms with Crippen LogP contribution in [0.15, 0.2) is 206 Å². The SMILES string of the molecule is CC1(C)c2ccccc2-c2ccc(N(c3ccc(-c4ccccc4)cc3)c3ccc4cccc5c4c3Oc3c-5cccc3N(c3ccccc3)c3ccccc3)cc21. The minimum Gasteiger partial charge on any atom is -0.452 e. The van der Waals surface area contributed by atoms with Crippen molar-refractivity contribution in [2.24, 2.45) is 0 Å². The Bertz CT molecular complexity index is 2950. The van der Waals surface area contributed by atoms with E-state index in [1.807, 2.05) is 0 Å². The predicted octanol–water partition coefficient (Wildman–Crippen LogP) is 15.5. The van der Waals surface area contributed by atoms with E-state index in [0.717, 1.165) is 67.5 Å². The van der Waals surface area contributed by atoms with Gasteiger partial charge in [-0.15, -0.1) is 0 Å². The Morgan fingerprint density at radius 2 is 0.897 bits per heavy atom. The van der Waals surface area contributed by atoms with E-state index in [-0.39, 0.29) is 5.41 Å². The lowest BCUT2D eigenvalue weighted by atomic mass is 9.82. The van der Waals surface area contributed by atoms with Crippen LogP contribution in [0.2, 0.25) is 0 Å². The van der Waals surface area contributed by atoms with E-state index in [0.29, 0.717) is 0 Å². The van der Waals surface area contributed by atoms with E-state index >= 15 is 0 Å². The molecular weight excluding hydrogens is 705 g/mol. The Balaban J connectivity index is 1.13. The van der Waals surface area contributed by atoms with Gasteiger partial charge in [0, 0.05) is 39.1 Å². The van der Waals surface area contributed by atoms with E-state index in [1.54, 1.807) is 0 Å². The summed E-state index contributed by atoms with van der Waals surface area (Å²) in [6, 6.07) is 74.1. The number of para-hydroxylation sites is 3. The molecule has 0 saturated heterocycles. The second kappa shape index (κ2) is 13.4. The molecule has 11 rings (SSSR count). The monoisotopic (exact) mass is 744 g/mol. The molecule has 3 heteroatoms. The number of fused-ring (bicyclic) bond motifs is 5. The lowest BCUT2D eigenvalue weighted by Crippen LogP contribution is -2.17. The minimum atomic E-state index is -0.154. The maximum Gasteiger partial charge on any atom is 0.160 e. The second-order valence-corrected chi connectivity index (χ2v) is 15.7. The standard InChI is InChI=1S/C55H40N2O/c1-55(2)48-26-13-12-23-44(48)45-34-33-43(36-49(45)55)57(42-31-28-38(29-32-42)37-16-6-3-7-17-37)51-35-30-39-18-14-24-46-47-25-15-27-50(53(47)58-54(51)52(39)46)56(40-19-8-4-9-20-40)41-21-10-5-11-22-41/h3-36H,1-2H3. The first-order chi connectivity index (χ1) is 28.5. The van der Waals surface area contributed by atoms with Gasteiger partial charge in [-0.25, -0.2) is 0 Å². The third-order valence-electron chi connectivity index (χ3n) is 12.0. The highest BCUT2D eigenvalue weighted by atomic mass is 16.5. The van der Waals surface area contributed by atoms with Crippen LogP contribution in [0.3, 0.4) is 0 Å². The highest BCUT2D eigenvalue weighted by Crippen LogP contribution is 2.57. The molecule has 0 radical (unpaired) electrons. The number of hydrogen-bond acceptors (Lipinski definition) is 3. The van der Waals surface area contributed by atoms with Crippen molar-refractivity contribution in [2.75, 3.05) is 9.80 Å². The highest BCUT2D eigenvalue weighted by Gasteiger charge is 2.36. The Kier molecular flexibility index (Phi) is 7.84. The fraction of sp³-hybridized carbons (Fsp3) is 0.0545. The van der Waals surface area contributed by atoms with Gasteiger partial charge in [-0.2, -0.15) is 0 Å². The molecule has 58 heavy (non-hydrogen) atoms. The largest absolute Gasteiger partial charge is 0.452 e. The molecule has 1 aliphatic heterocycles. The summed E-state index contributed by atoms with van der Waals surface area (Å²) in [7, 11) is 0. The van der Waals surface area contributed by atoms with Crippen LogP contribution < -0.4 is 14.5 Å². The van der Waals surface area contributed by atoms with Crippen LogP contribution >= 0.6 is 0 Å². The predicted molar refractivity (Wildman–Crippen MR) is 242 cm³/mol. The minimum absolute atomic E-state index is 0.154. The fourth-order valence-corrected chi connectivity index (χ4v) is 9.23. The third kappa shape index (κ3) is 5.35. The van der Waals surface area contributed by atoms with E-state index in [4.69, 9.17) is 4.74 Å². The van der Waals surface area contributed by atoms with Gasteiger partial charge < -0.3 is 14.5 Å². The molecule has 0 amide bonds. The van der Waals surface area contributed by atoms with E-state index in [2.05, 4.69) is 230 Å². The van der Waals surface area contributed by atoms with E-state index < -0.39 is 0 Å². The summed E-state index contributed by atoms with van der Waals surface area (Å²) in [6.07, 6.45) is 0. The van der Waals surface area contributed by atoms with Crippen LogP contribution in [0.4, 0.5) is 34.1 Å². The van der Waals surface area contributed by atoms with Crippen molar-refractivity contribution in [1.29, 1.82) is 0 Å². The van der Waals surface area contributed by atoms with Gasteiger partial charge in [0.05, 0.1) is 11.4 Å². The molecule has 0 saturated carbocycles. The van der Waals surface area contributed by atoms with Crippen molar-refractivity contribution in [3.05, 3.63) is 217 Å². The van der Waals surface area contributed by atoms with Gasteiger partial charge in [-0.05, 0) is 105 Å². The molecule has 0 atom stereocenters. The lowest BCUT2D eigenvalue weighted by molar-refractivity contribution is 0.489. The van der Waals surface area contributed by atoms with Crippen LogP contribution in [0.25, 0.3) is 44.2 Å². The third-order valence-corrected chi connectivity index (χ3v) is 12.0. The normalized spacial score (nSPS) is 12.9. The van der Waals surface area contributed by atoms with E-state index in [1.165, 1.54) is 33.4 Å². The first-order valence-corrected chi connectivity index (χ1v) is 20.0. The Labute approximate surface area is 339 Å². The summed E-state index contributed by atoms with van der Waals surface area (Å²) in [6.45, 7) is 4.69. The summed E-state index contributed by atoms with van der Waals surface area (Å²) in [4.78, 5) is 4.69. The molecule has 3 nitrogen and oxygen atoms in total. The van der Waals surface area contributed by atoms with Crippen LogP contribution in [0, 0.1) is 0 Å². The zero-order valence-corrected chi connectivity index (χ0v) is 32.4. The van der Waals surface area contributed by atoms with Crippen molar-refractivity contribution in [3.63, 3.8) is 0 Å². The molecule has 9 aromatic carbocycles. The molecule has 9 aromatic rings. The van der Waals surface area contributed by atoms with E-state index in [9.17, 15) is 0 Å². The van der Waals surface area contributed by atoms with Crippen molar-refractivity contribution in [3.8, 4) is 44.9 Å². The topological polar surface area (TPSA) is 15.7 Å². The van der Waals surface area contributed by atoms with Crippen molar-refractivity contribution >= 4 is 44.9 Å². The van der Waals surface area contributed by atoms with Crippen molar-refractivity contribution in [2.45, 2.75) is 19.3 Å². The molecule has 2 aliphatic rings. The number of rotatable bonds is 7.